The Balaban J connectivity index is 2.34. The number of hydrogen-bond acceptors (Lipinski definition) is 6. The minimum Gasteiger partial charge on any atom is -0.508 e. The highest BCUT2D eigenvalue weighted by atomic mass is 32.3. The van der Waals surface area contributed by atoms with Crippen LogP contribution in [0.5, 0.6) is 5.75 Å². The normalized spacial score (nSPS) is 12.4. The quantitative estimate of drug-likeness (QED) is 0.268. The molecule has 0 aliphatic carbocycles. The molecule has 132 valence electrons. The molecule has 0 bridgehead atoms. The first-order valence-corrected chi connectivity index (χ1v) is 8.46. The van der Waals surface area contributed by atoms with Crippen molar-refractivity contribution in [1.82, 2.24) is 5.01 Å². The van der Waals surface area contributed by atoms with E-state index in [4.69, 9.17) is 4.55 Å². The summed E-state index contributed by atoms with van der Waals surface area (Å²) < 4.78 is 35.8. The van der Waals surface area contributed by atoms with Crippen molar-refractivity contribution in [2.24, 2.45) is 10.3 Å². The van der Waals surface area contributed by atoms with Gasteiger partial charge in [0.1, 0.15) is 5.75 Å². The van der Waals surface area contributed by atoms with Gasteiger partial charge in [-0.3, -0.25) is 9.56 Å². The van der Waals surface area contributed by atoms with Gasteiger partial charge in [0.25, 0.3) is 0 Å². The van der Waals surface area contributed by atoms with Crippen molar-refractivity contribution in [1.29, 1.82) is 0 Å². The summed E-state index contributed by atoms with van der Waals surface area (Å²) in [6.45, 7) is 0. The van der Waals surface area contributed by atoms with Crippen LogP contribution in [0.4, 0.5) is 5.69 Å². The first kappa shape index (κ1) is 18.4. The SMILES string of the molecule is CN(C)N=Nc1ccc(C=C(OS(=O)(=O)O)c2ccc(O)cc2)cc1. The van der Waals surface area contributed by atoms with Gasteiger partial charge in [0.05, 0.1) is 5.69 Å². The van der Waals surface area contributed by atoms with E-state index in [1.165, 1.54) is 30.3 Å². The van der Waals surface area contributed by atoms with Crippen LogP contribution in [0.1, 0.15) is 11.1 Å². The fourth-order valence-electron chi connectivity index (χ4n) is 1.82. The Morgan fingerprint density at radius 2 is 1.68 bits per heavy atom. The molecule has 0 aliphatic rings. The molecule has 0 fully saturated rings. The summed E-state index contributed by atoms with van der Waals surface area (Å²) in [5.41, 5.74) is 1.61. The van der Waals surface area contributed by atoms with Gasteiger partial charge < -0.3 is 9.29 Å². The Hall–Kier alpha value is -2.91. The molecule has 2 aromatic carbocycles. The van der Waals surface area contributed by atoms with Crippen LogP contribution in [0, 0.1) is 0 Å². The van der Waals surface area contributed by atoms with E-state index >= 15 is 0 Å². The fraction of sp³-hybridized carbons (Fsp3) is 0.125. The number of nitrogens with zero attached hydrogens (tertiary/aromatic N) is 3. The van der Waals surface area contributed by atoms with Crippen LogP contribution in [-0.2, 0) is 14.6 Å². The Bertz CT molecular complexity index is 873. The van der Waals surface area contributed by atoms with Gasteiger partial charge in [-0.2, -0.15) is 8.42 Å². The van der Waals surface area contributed by atoms with Gasteiger partial charge in [0.15, 0.2) is 5.76 Å². The van der Waals surface area contributed by atoms with E-state index in [1.807, 2.05) is 0 Å². The molecule has 0 saturated heterocycles. The molecule has 0 heterocycles. The van der Waals surface area contributed by atoms with Crippen LogP contribution >= 0.6 is 0 Å². The highest BCUT2D eigenvalue weighted by Gasteiger charge is 2.12. The molecule has 0 aromatic heterocycles. The van der Waals surface area contributed by atoms with Gasteiger partial charge in [0, 0.05) is 19.7 Å². The smallest absolute Gasteiger partial charge is 0.446 e. The van der Waals surface area contributed by atoms with Crippen molar-refractivity contribution in [3.63, 3.8) is 0 Å². The maximum absolute atomic E-state index is 11.1. The average molecular weight is 363 g/mol. The van der Waals surface area contributed by atoms with Gasteiger partial charge in [-0.25, -0.2) is 0 Å². The van der Waals surface area contributed by atoms with Crippen molar-refractivity contribution >= 4 is 27.9 Å². The third-order valence-corrected chi connectivity index (χ3v) is 3.27. The third kappa shape index (κ3) is 6.24. The average Bonchev–Trinajstić information content (AvgIpc) is 2.53. The van der Waals surface area contributed by atoms with Gasteiger partial charge >= 0.3 is 10.4 Å². The van der Waals surface area contributed by atoms with E-state index in [0.29, 0.717) is 16.8 Å². The predicted molar refractivity (Wildman–Crippen MR) is 93.3 cm³/mol. The molecule has 9 heteroatoms. The van der Waals surface area contributed by atoms with Gasteiger partial charge in [-0.15, -0.1) is 5.11 Å². The molecule has 0 atom stereocenters. The van der Waals surface area contributed by atoms with Gasteiger partial charge in [-0.1, -0.05) is 17.4 Å². The summed E-state index contributed by atoms with van der Waals surface area (Å²) in [7, 11) is -1.20. The van der Waals surface area contributed by atoms with E-state index in [9.17, 15) is 13.5 Å². The molecule has 0 unspecified atom stereocenters. The molecule has 2 aromatic rings. The molecular formula is C16H17N3O5S. The summed E-state index contributed by atoms with van der Waals surface area (Å²) in [6, 6.07) is 12.5. The summed E-state index contributed by atoms with van der Waals surface area (Å²) in [5, 5.41) is 18.7. The predicted octanol–water partition coefficient (Wildman–Crippen LogP) is 3.27. The number of phenolic OH excluding ortho intramolecular Hbond substituents is 1. The largest absolute Gasteiger partial charge is 0.508 e. The lowest BCUT2D eigenvalue weighted by molar-refractivity contribution is 0.371. The fourth-order valence-corrected chi connectivity index (χ4v) is 2.20. The molecule has 0 saturated carbocycles. The molecule has 0 radical (unpaired) electrons. The highest BCUT2D eigenvalue weighted by molar-refractivity contribution is 7.81. The number of hydrogen-bond donors (Lipinski definition) is 2. The Labute approximate surface area is 145 Å². The van der Waals surface area contributed by atoms with Crippen molar-refractivity contribution in [3.05, 3.63) is 59.7 Å². The van der Waals surface area contributed by atoms with Crippen LogP contribution in [-0.4, -0.2) is 37.2 Å². The monoisotopic (exact) mass is 363 g/mol. The lowest BCUT2D eigenvalue weighted by Crippen LogP contribution is -2.03. The topological polar surface area (TPSA) is 112 Å². The summed E-state index contributed by atoms with van der Waals surface area (Å²) >= 11 is 0. The van der Waals surface area contributed by atoms with Crippen LogP contribution in [0.25, 0.3) is 11.8 Å². The summed E-state index contributed by atoms with van der Waals surface area (Å²) in [6.07, 6.45) is 1.44. The molecule has 0 aliphatic heterocycles. The maximum Gasteiger partial charge on any atom is 0.446 e. The number of aromatic hydroxyl groups is 1. The minimum absolute atomic E-state index is 0.0190. The number of benzene rings is 2. The first-order valence-electron chi connectivity index (χ1n) is 7.10. The summed E-state index contributed by atoms with van der Waals surface area (Å²) in [4.78, 5) is 0. The van der Waals surface area contributed by atoms with Gasteiger partial charge in [-0.05, 0) is 48.0 Å². The van der Waals surface area contributed by atoms with E-state index in [-0.39, 0.29) is 11.5 Å². The Morgan fingerprint density at radius 3 is 2.20 bits per heavy atom. The zero-order valence-electron chi connectivity index (χ0n) is 13.6. The van der Waals surface area contributed by atoms with Crippen molar-refractivity contribution in [2.45, 2.75) is 0 Å². The Kier molecular flexibility index (Phi) is 5.73. The van der Waals surface area contributed by atoms with Crippen LogP contribution in [0.15, 0.2) is 58.9 Å². The number of rotatable bonds is 6. The molecular weight excluding hydrogens is 346 g/mol. The Morgan fingerprint density at radius 1 is 1.08 bits per heavy atom. The van der Waals surface area contributed by atoms with Crippen molar-refractivity contribution in [3.8, 4) is 5.75 Å². The standard InChI is InChI=1S/C16H17N3O5S/c1-19(2)18-17-14-7-3-12(4-8-14)11-16(24-25(21,22)23)13-5-9-15(20)10-6-13/h3-11,20H,1-2H3,(H,21,22,23). The van der Waals surface area contributed by atoms with E-state index in [2.05, 4.69) is 14.5 Å². The molecule has 0 amide bonds. The third-order valence-electron chi connectivity index (χ3n) is 2.88. The second kappa shape index (κ2) is 7.77. The highest BCUT2D eigenvalue weighted by Crippen LogP contribution is 2.24. The van der Waals surface area contributed by atoms with Gasteiger partial charge in [0.2, 0.25) is 0 Å². The molecule has 2 rings (SSSR count). The second-order valence-electron chi connectivity index (χ2n) is 5.19. The zero-order chi connectivity index (χ0) is 18.4. The first-order chi connectivity index (χ1) is 11.7. The molecule has 8 nitrogen and oxygen atoms in total. The van der Waals surface area contributed by atoms with Crippen LogP contribution in [0.3, 0.4) is 0 Å². The summed E-state index contributed by atoms with van der Waals surface area (Å²) in [5.74, 6) is -0.0734. The van der Waals surface area contributed by atoms with Crippen LogP contribution < -0.4 is 0 Å². The lowest BCUT2D eigenvalue weighted by atomic mass is 10.1. The van der Waals surface area contributed by atoms with Crippen molar-refractivity contribution < 1.29 is 22.3 Å². The maximum atomic E-state index is 11.1. The molecule has 2 N–H and O–H groups in total. The minimum atomic E-state index is -4.70. The lowest BCUT2D eigenvalue weighted by Gasteiger charge is -2.08. The zero-order valence-corrected chi connectivity index (χ0v) is 14.4. The van der Waals surface area contributed by atoms with E-state index < -0.39 is 10.4 Å². The molecule has 25 heavy (non-hydrogen) atoms. The van der Waals surface area contributed by atoms with Crippen molar-refractivity contribution in [2.75, 3.05) is 14.1 Å². The second-order valence-corrected chi connectivity index (χ2v) is 6.22. The van der Waals surface area contributed by atoms with E-state index in [0.717, 1.165) is 0 Å². The molecule has 0 spiro atoms. The van der Waals surface area contributed by atoms with Crippen LogP contribution in [0.2, 0.25) is 0 Å². The van der Waals surface area contributed by atoms with E-state index in [1.54, 1.807) is 43.4 Å². The number of phenols is 1.